The third kappa shape index (κ3) is 3.56. The number of anilines is 1. The first-order valence-corrected chi connectivity index (χ1v) is 8.63. The molecule has 0 amide bonds. The lowest BCUT2D eigenvalue weighted by Crippen LogP contribution is -2.08. The van der Waals surface area contributed by atoms with Crippen molar-refractivity contribution in [1.82, 2.24) is 29.9 Å². The Bertz CT molecular complexity index is 1080. The summed E-state index contributed by atoms with van der Waals surface area (Å²) in [6.45, 7) is 2.44. The van der Waals surface area contributed by atoms with Crippen LogP contribution in [0.15, 0.2) is 42.7 Å². The summed E-state index contributed by atoms with van der Waals surface area (Å²) in [4.78, 5) is 12.9. The highest BCUT2D eigenvalue weighted by molar-refractivity contribution is 6.31. The number of benzene rings is 1. The van der Waals surface area contributed by atoms with Gasteiger partial charge in [-0.2, -0.15) is 0 Å². The van der Waals surface area contributed by atoms with E-state index < -0.39 is 5.82 Å². The van der Waals surface area contributed by atoms with Crippen molar-refractivity contribution in [2.45, 2.75) is 20.0 Å². The Morgan fingerprint density at radius 2 is 2.07 bits per heavy atom. The number of hydrogen-bond acceptors (Lipinski definition) is 6. The Balaban J connectivity index is 1.67. The van der Waals surface area contributed by atoms with E-state index in [1.165, 1.54) is 10.7 Å². The number of pyridine rings is 1. The van der Waals surface area contributed by atoms with Crippen LogP contribution in [0.5, 0.6) is 0 Å². The van der Waals surface area contributed by atoms with Crippen molar-refractivity contribution >= 4 is 28.6 Å². The van der Waals surface area contributed by atoms with Gasteiger partial charge in [-0.15, -0.1) is 5.10 Å². The van der Waals surface area contributed by atoms with Crippen LogP contribution in [0.4, 0.5) is 10.2 Å². The number of aromatic nitrogens is 6. The fourth-order valence-electron chi connectivity index (χ4n) is 2.72. The van der Waals surface area contributed by atoms with Gasteiger partial charge in [-0.25, -0.2) is 19.0 Å². The molecule has 1 aromatic carbocycles. The highest BCUT2D eigenvalue weighted by atomic mass is 35.5. The van der Waals surface area contributed by atoms with Crippen LogP contribution in [0.2, 0.25) is 5.02 Å². The van der Waals surface area contributed by atoms with Gasteiger partial charge in [-0.1, -0.05) is 28.9 Å². The van der Waals surface area contributed by atoms with E-state index in [4.69, 9.17) is 11.6 Å². The molecule has 3 aromatic heterocycles. The molecule has 136 valence electrons. The van der Waals surface area contributed by atoms with Crippen LogP contribution in [0.25, 0.3) is 11.2 Å². The van der Waals surface area contributed by atoms with Gasteiger partial charge in [0.15, 0.2) is 17.0 Å². The Kier molecular flexibility index (Phi) is 4.64. The van der Waals surface area contributed by atoms with Crippen molar-refractivity contribution in [2.24, 2.45) is 0 Å². The van der Waals surface area contributed by atoms with Gasteiger partial charge in [0.05, 0.1) is 6.54 Å². The molecular weight excluding hydrogens is 369 g/mol. The lowest BCUT2D eigenvalue weighted by molar-refractivity contribution is 0.582. The van der Waals surface area contributed by atoms with Gasteiger partial charge >= 0.3 is 0 Å². The van der Waals surface area contributed by atoms with E-state index in [0.29, 0.717) is 39.9 Å². The summed E-state index contributed by atoms with van der Waals surface area (Å²) >= 11 is 6.13. The summed E-state index contributed by atoms with van der Waals surface area (Å²) in [5, 5.41) is 11.9. The summed E-state index contributed by atoms with van der Waals surface area (Å²) in [7, 11) is 0. The largest absolute Gasteiger partial charge is 0.364 e. The summed E-state index contributed by atoms with van der Waals surface area (Å²) < 4.78 is 15.6. The molecule has 4 aromatic rings. The maximum absolute atomic E-state index is 14.1. The minimum absolute atomic E-state index is 0.126. The lowest BCUT2D eigenvalue weighted by atomic mass is 10.2. The molecule has 0 saturated carbocycles. The number of nitrogens with zero attached hydrogens (tertiary/aromatic N) is 6. The van der Waals surface area contributed by atoms with Gasteiger partial charge in [0.25, 0.3) is 0 Å². The topological polar surface area (TPSA) is 81.4 Å². The van der Waals surface area contributed by atoms with E-state index in [-0.39, 0.29) is 6.54 Å². The third-order valence-corrected chi connectivity index (χ3v) is 4.38. The number of fused-ring (bicyclic) bond motifs is 1. The van der Waals surface area contributed by atoms with Crippen molar-refractivity contribution < 1.29 is 4.39 Å². The first kappa shape index (κ1) is 17.3. The first-order chi connectivity index (χ1) is 13.1. The van der Waals surface area contributed by atoms with Gasteiger partial charge < -0.3 is 5.32 Å². The van der Waals surface area contributed by atoms with Gasteiger partial charge in [-0.3, -0.25) is 4.98 Å². The van der Waals surface area contributed by atoms with Crippen molar-refractivity contribution in [3.8, 4) is 0 Å². The molecular formula is C18H15ClFN7. The molecule has 0 saturated heterocycles. The molecule has 0 bridgehead atoms. The van der Waals surface area contributed by atoms with E-state index in [1.54, 1.807) is 31.5 Å². The standard InChI is InChI=1S/C18H15ClFN7/c1-11-23-17(22-9-12-4-3-7-21-8-12)16-18(24-11)27(26-25-16)10-13-14(19)5-2-6-15(13)20/h2-8H,9-10H2,1H3,(H,22,23,24). The Labute approximate surface area is 159 Å². The molecule has 0 aliphatic rings. The van der Waals surface area contributed by atoms with Gasteiger partial charge in [0, 0.05) is 29.5 Å². The van der Waals surface area contributed by atoms with Gasteiger partial charge in [-0.05, 0) is 30.7 Å². The Morgan fingerprint density at radius 3 is 2.85 bits per heavy atom. The third-order valence-electron chi connectivity index (χ3n) is 4.03. The van der Waals surface area contributed by atoms with Crippen LogP contribution in [-0.4, -0.2) is 29.9 Å². The normalized spacial score (nSPS) is 11.1. The zero-order valence-corrected chi connectivity index (χ0v) is 15.2. The van der Waals surface area contributed by atoms with E-state index in [0.717, 1.165) is 5.56 Å². The quantitative estimate of drug-likeness (QED) is 0.569. The zero-order valence-electron chi connectivity index (χ0n) is 14.4. The van der Waals surface area contributed by atoms with Gasteiger partial charge in [0.1, 0.15) is 11.6 Å². The number of halogens is 2. The molecule has 0 atom stereocenters. The van der Waals surface area contributed by atoms with Crippen molar-refractivity contribution in [1.29, 1.82) is 0 Å². The smallest absolute Gasteiger partial charge is 0.184 e. The van der Waals surface area contributed by atoms with Crippen molar-refractivity contribution in [3.05, 3.63) is 70.5 Å². The molecule has 4 rings (SSSR count). The average Bonchev–Trinajstić information content (AvgIpc) is 3.06. The molecule has 0 aliphatic carbocycles. The molecule has 3 heterocycles. The zero-order chi connectivity index (χ0) is 18.8. The van der Waals surface area contributed by atoms with Crippen LogP contribution in [0.1, 0.15) is 17.0 Å². The highest BCUT2D eigenvalue weighted by Gasteiger charge is 2.16. The molecule has 9 heteroatoms. The molecule has 7 nitrogen and oxygen atoms in total. The number of hydrogen-bond donors (Lipinski definition) is 1. The van der Waals surface area contributed by atoms with E-state index in [9.17, 15) is 4.39 Å². The Morgan fingerprint density at radius 1 is 1.19 bits per heavy atom. The summed E-state index contributed by atoms with van der Waals surface area (Å²) in [6, 6.07) is 8.39. The second-order valence-electron chi connectivity index (χ2n) is 5.95. The fourth-order valence-corrected chi connectivity index (χ4v) is 2.94. The Hall–Kier alpha value is -3.13. The average molecular weight is 384 g/mol. The number of aryl methyl sites for hydroxylation is 1. The van der Waals surface area contributed by atoms with Crippen molar-refractivity contribution in [2.75, 3.05) is 5.32 Å². The lowest BCUT2D eigenvalue weighted by Gasteiger charge is -2.08. The molecule has 0 fully saturated rings. The van der Waals surface area contributed by atoms with Crippen LogP contribution in [0.3, 0.4) is 0 Å². The molecule has 0 aliphatic heterocycles. The van der Waals surface area contributed by atoms with Gasteiger partial charge in [0.2, 0.25) is 0 Å². The van der Waals surface area contributed by atoms with E-state index >= 15 is 0 Å². The SMILES string of the molecule is Cc1nc(NCc2cccnc2)c2nnn(Cc3c(F)cccc3Cl)c2n1. The minimum atomic E-state index is -0.396. The molecule has 1 N–H and O–H groups in total. The van der Waals surface area contributed by atoms with Crippen LogP contribution < -0.4 is 5.32 Å². The maximum Gasteiger partial charge on any atom is 0.184 e. The molecule has 0 unspecified atom stereocenters. The molecule has 0 radical (unpaired) electrons. The maximum atomic E-state index is 14.1. The first-order valence-electron chi connectivity index (χ1n) is 8.25. The van der Waals surface area contributed by atoms with E-state index in [1.807, 2.05) is 12.1 Å². The molecule has 27 heavy (non-hydrogen) atoms. The second kappa shape index (κ2) is 7.24. The minimum Gasteiger partial charge on any atom is -0.364 e. The summed E-state index contributed by atoms with van der Waals surface area (Å²) in [6.07, 6.45) is 3.49. The fraction of sp³-hybridized carbons (Fsp3) is 0.167. The molecule has 0 spiro atoms. The van der Waals surface area contributed by atoms with Crippen LogP contribution in [0, 0.1) is 12.7 Å². The predicted molar refractivity (Wildman–Crippen MR) is 99.9 cm³/mol. The predicted octanol–water partition coefficient (Wildman–Crippen LogP) is 3.38. The van der Waals surface area contributed by atoms with Crippen LogP contribution in [-0.2, 0) is 13.1 Å². The van der Waals surface area contributed by atoms with E-state index in [2.05, 4.69) is 30.6 Å². The number of nitrogens with one attached hydrogen (secondary N) is 1. The van der Waals surface area contributed by atoms with Crippen molar-refractivity contribution in [3.63, 3.8) is 0 Å². The second-order valence-corrected chi connectivity index (χ2v) is 6.36. The monoisotopic (exact) mass is 383 g/mol. The summed E-state index contributed by atoms with van der Waals surface area (Å²) in [5.74, 6) is 0.721. The number of rotatable bonds is 5. The van der Waals surface area contributed by atoms with Crippen LogP contribution >= 0.6 is 11.6 Å². The summed E-state index contributed by atoms with van der Waals surface area (Å²) in [5.41, 5.74) is 2.37. The highest BCUT2D eigenvalue weighted by Crippen LogP contribution is 2.23.